The molecule has 0 aliphatic heterocycles. The van der Waals surface area contributed by atoms with Gasteiger partial charge in [0.1, 0.15) is 0 Å². The largest absolute Gasteiger partial charge is 0.0881 e. The van der Waals surface area contributed by atoms with E-state index in [4.69, 9.17) is 11.6 Å². The van der Waals surface area contributed by atoms with Crippen LogP contribution in [0.25, 0.3) is 11.1 Å². The molecular formula is C18H15Cl. The zero-order valence-corrected chi connectivity index (χ0v) is 11.5. The van der Waals surface area contributed by atoms with E-state index in [-0.39, 0.29) is 0 Å². The fourth-order valence-electron chi connectivity index (χ4n) is 3.39. The van der Waals surface area contributed by atoms with Crippen LogP contribution in [0.15, 0.2) is 36.4 Å². The lowest BCUT2D eigenvalue weighted by Crippen LogP contribution is -2.20. The summed E-state index contributed by atoms with van der Waals surface area (Å²) in [7, 11) is 0. The van der Waals surface area contributed by atoms with Crippen LogP contribution in [0.5, 0.6) is 0 Å². The van der Waals surface area contributed by atoms with Crippen molar-refractivity contribution in [3.05, 3.63) is 68.4 Å². The van der Waals surface area contributed by atoms with E-state index in [9.17, 15) is 0 Å². The van der Waals surface area contributed by atoms with Gasteiger partial charge in [-0.05, 0) is 51.3 Å². The second-order valence-electron chi connectivity index (χ2n) is 5.38. The Bertz CT molecular complexity index is 875. The Morgan fingerprint density at radius 1 is 0.842 bits per heavy atom. The first kappa shape index (κ1) is 11.3. The molecule has 0 bridgehead atoms. The molecule has 2 aliphatic carbocycles. The first-order valence-corrected chi connectivity index (χ1v) is 7.31. The van der Waals surface area contributed by atoms with Crippen molar-refractivity contribution in [3.8, 4) is 0 Å². The van der Waals surface area contributed by atoms with Crippen molar-refractivity contribution >= 4 is 22.7 Å². The Morgan fingerprint density at radius 2 is 1.68 bits per heavy atom. The first-order valence-electron chi connectivity index (χ1n) is 6.93. The maximum atomic E-state index is 6.52. The lowest BCUT2D eigenvalue weighted by atomic mass is 9.89. The van der Waals surface area contributed by atoms with E-state index < -0.39 is 0 Å². The van der Waals surface area contributed by atoms with Gasteiger partial charge < -0.3 is 0 Å². The minimum Gasteiger partial charge on any atom is -0.0881 e. The van der Waals surface area contributed by atoms with E-state index in [0.717, 1.165) is 11.5 Å². The van der Waals surface area contributed by atoms with E-state index in [1.807, 2.05) is 0 Å². The summed E-state index contributed by atoms with van der Waals surface area (Å²) in [5, 5.41) is 6.29. The molecule has 0 spiro atoms. The Hall–Kier alpha value is -1.53. The van der Waals surface area contributed by atoms with Crippen LogP contribution in [0.3, 0.4) is 0 Å². The molecule has 0 radical (unpaired) electrons. The van der Waals surface area contributed by atoms with Crippen LogP contribution in [-0.2, 0) is 12.8 Å². The lowest BCUT2D eigenvalue weighted by Gasteiger charge is -2.17. The van der Waals surface area contributed by atoms with Gasteiger partial charge in [-0.2, -0.15) is 0 Å². The summed E-state index contributed by atoms with van der Waals surface area (Å²) in [5.74, 6) is 0. The van der Waals surface area contributed by atoms with Gasteiger partial charge in [-0.15, -0.1) is 0 Å². The van der Waals surface area contributed by atoms with Crippen LogP contribution in [0, 0.1) is 10.4 Å². The molecule has 0 fully saturated rings. The number of hydrogen-bond acceptors (Lipinski definition) is 0. The number of fused-ring (bicyclic) bond motifs is 4. The second-order valence-corrected chi connectivity index (χ2v) is 5.84. The number of rotatable bonds is 0. The molecule has 0 heterocycles. The summed E-state index contributed by atoms with van der Waals surface area (Å²) in [6.07, 6.45) is 6.93. The van der Waals surface area contributed by atoms with E-state index in [1.54, 1.807) is 0 Å². The van der Waals surface area contributed by atoms with Gasteiger partial charge in [-0.25, -0.2) is 0 Å². The van der Waals surface area contributed by atoms with E-state index in [0.29, 0.717) is 0 Å². The van der Waals surface area contributed by atoms with Crippen LogP contribution in [0.2, 0.25) is 0 Å². The Kier molecular flexibility index (Phi) is 2.53. The van der Waals surface area contributed by atoms with Crippen molar-refractivity contribution in [2.75, 3.05) is 0 Å². The maximum Gasteiger partial charge on any atom is 0.0303 e. The highest BCUT2D eigenvalue weighted by atomic mass is 35.5. The van der Waals surface area contributed by atoms with Gasteiger partial charge in [-0.3, -0.25) is 0 Å². The average Bonchev–Trinajstić information content (AvgIpc) is 2.47. The minimum absolute atomic E-state index is 0.894. The van der Waals surface area contributed by atoms with Crippen LogP contribution in [-0.4, -0.2) is 0 Å². The molecule has 2 aliphatic rings. The molecule has 4 rings (SSSR count). The van der Waals surface area contributed by atoms with E-state index in [2.05, 4.69) is 42.5 Å². The van der Waals surface area contributed by atoms with Crippen LogP contribution in [0.4, 0.5) is 0 Å². The number of halogens is 1. The molecule has 0 saturated heterocycles. The SMILES string of the molecule is ClC1=c2ccccc2=c2ccc3c(c2C1)CCCC=3. The number of hydrogen-bond donors (Lipinski definition) is 0. The van der Waals surface area contributed by atoms with Crippen LogP contribution in [0.1, 0.15) is 24.0 Å². The van der Waals surface area contributed by atoms with Gasteiger partial charge in [0.05, 0.1) is 0 Å². The fourth-order valence-corrected chi connectivity index (χ4v) is 3.69. The van der Waals surface area contributed by atoms with E-state index >= 15 is 0 Å². The van der Waals surface area contributed by atoms with Crippen LogP contribution >= 0.6 is 11.6 Å². The molecule has 0 saturated carbocycles. The lowest BCUT2D eigenvalue weighted by molar-refractivity contribution is 0.824. The van der Waals surface area contributed by atoms with Crippen molar-refractivity contribution < 1.29 is 0 Å². The summed E-state index contributed by atoms with van der Waals surface area (Å²) in [4.78, 5) is 0. The highest BCUT2D eigenvalue weighted by molar-refractivity contribution is 6.45. The summed E-state index contributed by atoms with van der Waals surface area (Å²) >= 11 is 6.52. The molecule has 0 N–H and O–H groups in total. The molecule has 0 aromatic heterocycles. The molecule has 19 heavy (non-hydrogen) atoms. The zero-order chi connectivity index (χ0) is 12.8. The summed E-state index contributed by atoms with van der Waals surface area (Å²) in [5.41, 5.74) is 2.98. The number of benzene rings is 2. The first-order chi connectivity index (χ1) is 9.34. The highest BCUT2D eigenvalue weighted by Gasteiger charge is 2.14. The molecule has 94 valence electrons. The van der Waals surface area contributed by atoms with Crippen molar-refractivity contribution in [3.63, 3.8) is 0 Å². The Balaban J connectivity index is 2.26. The molecule has 2 aromatic carbocycles. The molecule has 0 unspecified atom stereocenters. The quantitative estimate of drug-likeness (QED) is 0.688. The third-order valence-corrected chi connectivity index (χ3v) is 4.64. The standard InChI is InChI=1S/C18H15Cl/c19-18-11-17-13-6-2-1-5-12(13)9-10-15(17)14-7-3-4-8-16(14)18/h3-5,7-10H,1-2,6,11H2. The fraction of sp³-hybridized carbons (Fsp3) is 0.222. The summed E-state index contributed by atoms with van der Waals surface area (Å²) in [6, 6.07) is 13.0. The second kappa shape index (κ2) is 4.25. The van der Waals surface area contributed by atoms with Crippen molar-refractivity contribution in [2.24, 2.45) is 0 Å². The van der Waals surface area contributed by atoms with Gasteiger partial charge in [0.25, 0.3) is 0 Å². The third-order valence-electron chi connectivity index (χ3n) is 4.30. The van der Waals surface area contributed by atoms with Gasteiger partial charge in [0, 0.05) is 11.5 Å². The predicted octanol–water partition coefficient (Wildman–Crippen LogP) is 2.99. The monoisotopic (exact) mass is 266 g/mol. The van der Waals surface area contributed by atoms with Crippen LogP contribution < -0.4 is 10.4 Å². The minimum atomic E-state index is 0.894. The summed E-state index contributed by atoms with van der Waals surface area (Å²) in [6.45, 7) is 0. The molecular weight excluding hydrogens is 252 g/mol. The van der Waals surface area contributed by atoms with Gasteiger partial charge in [0.15, 0.2) is 0 Å². The molecule has 0 nitrogen and oxygen atoms in total. The van der Waals surface area contributed by atoms with Gasteiger partial charge in [-0.1, -0.05) is 54.1 Å². The topological polar surface area (TPSA) is 0 Å². The predicted molar refractivity (Wildman–Crippen MR) is 80.2 cm³/mol. The molecule has 0 atom stereocenters. The van der Waals surface area contributed by atoms with Crippen molar-refractivity contribution in [1.82, 2.24) is 0 Å². The van der Waals surface area contributed by atoms with Gasteiger partial charge >= 0.3 is 0 Å². The average molecular weight is 267 g/mol. The normalized spacial score (nSPS) is 16.2. The third kappa shape index (κ3) is 1.67. The summed E-state index contributed by atoms with van der Waals surface area (Å²) < 4.78 is 0. The molecule has 0 amide bonds. The van der Waals surface area contributed by atoms with Crippen molar-refractivity contribution in [1.29, 1.82) is 0 Å². The highest BCUT2D eigenvalue weighted by Crippen LogP contribution is 2.22. The van der Waals surface area contributed by atoms with E-state index in [1.165, 1.54) is 51.3 Å². The maximum absolute atomic E-state index is 6.52. The zero-order valence-electron chi connectivity index (χ0n) is 10.7. The van der Waals surface area contributed by atoms with Gasteiger partial charge in [0.2, 0.25) is 0 Å². The van der Waals surface area contributed by atoms with Crippen molar-refractivity contribution in [2.45, 2.75) is 25.7 Å². The molecule has 2 aromatic rings. The Morgan fingerprint density at radius 3 is 2.58 bits per heavy atom. The smallest absolute Gasteiger partial charge is 0.0303 e. The Labute approximate surface area is 117 Å². The molecule has 1 heteroatoms.